The maximum Gasteiger partial charge on any atom is 0.343 e. The highest BCUT2D eigenvalue weighted by Gasteiger charge is 2.25. The molecular weight excluding hydrogens is 534 g/mol. The number of ether oxygens (including phenoxy) is 4. The molecular formula is C27H39N5O7Si. The molecule has 12 nitrogen and oxygen atoms in total. The van der Waals surface area contributed by atoms with Gasteiger partial charge in [-0.25, -0.2) is 19.1 Å². The fraction of sp³-hybridized carbons (Fsp3) is 0.519. The van der Waals surface area contributed by atoms with Crippen LogP contribution in [0.4, 0.5) is 0 Å². The van der Waals surface area contributed by atoms with Crippen molar-refractivity contribution in [2.75, 3.05) is 26.9 Å². The van der Waals surface area contributed by atoms with Crippen molar-refractivity contribution >= 4 is 25.2 Å². The molecule has 1 unspecified atom stereocenters. The van der Waals surface area contributed by atoms with Gasteiger partial charge in [0.15, 0.2) is 11.2 Å². The molecule has 0 bridgehead atoms. The molecule has 1 atom stereocenters. The Morgan fingerprint density at radius 3 is 2.60 bits per heavy atom. The van der Waals surface area contributed by atoms with E-state index in [0.717, 1.165) is 11.6 Å². The average molecular weight is 574 g/mol. The number of aliphatic hydroxyl groups is 1. The number of rotatable bonds is 15. The van der Waals surface area contributed by atoms with Gasteiger partial charge in [-0.1, -0.05) is 26.2 Å². The highest BCUT2D eigenvalue weighted by atomic mass is 28.3. The van der Waals surface area contributed by atoms with Gasteiger partial charge in [-0.3, -0.25) is 4.57 Å². The fourth-order valence-corrected chi connectivity index (χ4v) is 4.51. The van der Waals surface area contributed by atoms with E-state index < -0.39 is 19.7 Å². The van der Waals surface area contributed by atoms with Crippen molar-refractivity contribution in [3.63, 3.8) is 0 Å². The number of aliphatic hydroxyl groups excluding tert-OH is 1. The summed E-state index contributed by atoms with van der Waals surface area (Å²) in [6.07, 6.45) is 2.00. The van der Waals surface area contributed by atoms with Gasteiger partial charge in [-0.15, -0.1) is 0 Å². The molecule has 1 N–H and O–H groups in total. The molecule has 0 spiro atoms. The Bertz CT molecular complexity index is 1400. The Kier molecular flexibility index (Phi) is 10.6. The van der Waals surface area contributed by atoms with Gasteiger partial charge in [0.1, 0.15) is 31.0 Å². The standard InChI is InChI=1S/C27H39N5O7Si/c1-18(2)15-38-25-22-23(28-16-29-25)31(17-37-13-14-40(5,6)7)27(35)32(22)21-11-10-20(26(34)36-4)24(30-21)39-19(3)9-8-12-33/h10-11,16,19,33H,1,8-9,12-15,17H2,2-7H3. The molecule has 0 amide bonds. The van der Waals surface area contributed by atoms with Gasteiger partial charge in [0.2, 0.25) is 11.8 Å². The predicted molar refractivity (Wildman–Crippen MR) is 153 cm³/mol. The SMILES string of the molecule is C=C(C)COc1ncnc2c1n(-c1ccc(C(=O)OC)c(OC(C)CCCO)n1)c(=O)n2COCC[Si](C)(C)C. The normalized spacial score (nSPS) is 12.4. The third kappa shape index (κ3) is 7.76. The van der Waals surface area contributed by atoms with Crippen molar-refractivity contribution in [1.82, 2.24) is 24.1 Å². The fourth-order valence-electron chi connectivity index (χ4n) is 3.75. The summed E-state index contributed by atoms with van der Waals surface area (Å²) >= 11 is 0. The van der Waals surface area contributed by atoms with Crippen LogP contribution in [-0.4, -0.2) is 76.3 Å². The molecule has 3 heterocycles. The monoisotopic (exact) mass is 573 g/mol. The van der Waals surface area contributed by atoms with Gasteiger partial charge in [0.05, 0.1) is 13.2 Å². The number of nitrogens with zero attached hydrogens (tertiary/aromatic N) is 5. The van der Waals surface area contributed by atoms with Crippen molar-refractivity contribution in [3.8, 4) is 17.6 Å². The Balaban J connectivity index is 2.15. The summed E-state index contributed by atoms with van der Waals surface area (Å²) in [5.41, 5.74) is 0.996. The molecule has 0 saturated carbocycles. The molecule has 0 aromatic carbocycles. The van der Waals surface area contributed by atoms with E-state index in [0.29, 0.717) is 30.6 Å². The first-order valence-electron chi connectivity index (χ1n) is 13.1. The van der Waals surface area contributed by atoms with E-state index in [1.54, 1.807) is 6.92 Å². The van der Waals surface area contributed by atoms with E-state index >= 15 is 0 Å². The van der Waals surface area contributed by atoms with Crippen LogP contribution >= 0.6 is 0 Å². The smallest absolute Gasteiger partial charge is 0.343 e. The summed E-state index contributed by atoms with van der Waals surface area (Å²) in [7, 11) is -0.0722. The Hall–Kier alpha value is -3.55. The third-order valence-corrected chi connectivity index (χ3v) is 7.61. The summed E-state index contributed by atoms with van der Waals surface area (Å²) < 4.78 is 25.4. The number of esters is 1. The molecule has 40 heavy (non-hydrogen) atoms. The van der Waals surface area contributed by atoms with Crippen molar-refractivity contribution in [1.29, 1.82) is 0 Å². The van der Waals surface area contributed by atoms with E-state index in [-0.39, 0.29) is 49.2 Å². The summed E-state index contributed by atoms with van der Waals surface area (Å²) in [6, 6.07) is 3.94. The number of methoxy groups -OCH3 is 1. The van der Waals surface area contributed by atoms with Crippen LogP contribution in [0, 0.1) is 0 Å². The second-order valence-corrected chi connectivity index (χ2v) is 16.4. The lowest BCUT2D eigenvalue weighted by Crippen LogP contribution is -2.27. The second kappa shape index (κ2) is 13.7. The summed E-state index contributed by atoms with van der Waals surface area (Å²) in [5, 5.41) is 9.19. The lowest BCUT2D eigenvalue weighted by molar-refractivity contribution is 0.0591. The molecule has 218 valence electrons. The van der Waals surface area contributed by atoms with Gasteiger partial charge in [-0.2, -0.15) is 9.97 Å². The third-order valence-electron chi connectivity index (χ3n) is 5.90. The molecule has 3 rings (SSSR count). The molecule has 0 saturated heterocycles. The van der Waals surface area contributed by atoms with E-state index in [1.165, 1.54) is 34.7 Å². The van der Waals surface area contributed by atoms with Crippen LogP contribution in [-0.2, 0) is 16.2 Å². The maximum absolute atomic E-state index is 13.8. The van der Waals surface area contributed by atoms with Crippen molar-refractivity contribution in [2.45, 2.75) is 65.2 Å². The molecule has 0 fully saturated rings. The maximum atomic E-state index is 13.8. The number of hydrogen-bond acceptors (Lipinski definition) is 10. The molecule has 3 aromatic rings. The summed E-state index contributed by atoms with van der Waals surface area (Å²) in [5.74, 6) is -0.301. The number of carbonyl (C=O) groups is 1. The van der Waals surface area contributed by atoms with Crippen LogP contribution in [0.25, 0.3) is 17.0 Å². The van der Waals surface area contributed by atoms with Gasteiger partial charge in [0, 0.05) is 21.3 Å². The van der Waals surface area contributed by atoms with Crippen LogP contribution < -0.4 is 15.2 Å². The van der Waals surface area contributed by atoms with Crippen molar-refractivity contribution in [3.05, 3.63) is 46.7 Å². The topological polar surface area (TPSA) is 140 Å². The lowest BCUT2D eigenvalue weighted by Gasteiger charge is -2.16. The minimum absolute atomic E-state index is 0.00442. The number of imidazole rings is 1. The number of hydrogen-bond donors (Lipinski definition) is 1. The zero-order chi connectivity index (χ0) is 29.4. The van der Waals surface area contributed by atoms with Crippen LogP contribution in [0.15, 0.2) is 35.4 Å². The van der Waals surface area contributed by atoms with Gasteiger partial charge in [-0.05, 0) is 50.4 Å². The first-order valence-corrected chi connectivity index (χ1v) is 16.9. The first kappa shape index (κ1) is 31.0. The average Bonchev–Trinajstić information content (AvgIpc) is 3.19. The highest BCUT2D eigenvalue weighted by molar-refractivity contribution is 6.76. The van der Waals surface area contributed by atoms with Crippen LogP contribution in [0.1, 0.15) is 37.0 Å². The van der Waals surface area contributed by atoms with Gasteiger partial charge >= 0.3 is 11.7 Å². The van der Waals surface area contributed by atoms with Crippen molar-refractivity contribution < 1.29 is 28.8 Å². The Morgan fingerprint density at radius 1 is 1.20 bits per heavy atom. The second-order valence-electron chi connectivity index (χ2n) is 10.8. The van der Waals surface area contributed by atoms with Crippen LogP contribution in [0.2, 0.25) is 25.7 Å². The van der Waals surface area contributed by atoms with Gasteiger partial charge in [0.25, 0.3) is 0 Å². The van der Waals surface area contributed by atoms with Crippen LogP contribution in [0.3, 0.4) is 0 Å². The molecule has 0 aliphatic carbocycles. The zero-order valence-corrected chi connectivity index (χ0v) is 25.1. The Morgan fingerprint density at radius 2 is 1.95 bits per heavy atom. The first-order chi connectivity index (χ1) is 19.0. The van der Waals surface area contributed by atoms with Crippen molar-refractivity contribution in [2.24, 2.45) is 0 Å². The zero-order valence-electron chi connectivity index (χ0n) is 24.1. The van der Waals surface area contributed by atoms with Crippen LogP contribution in [0.5, 0.6) is 11.8 Å². The summed E-state index contributed by atoms with van der Waals surface area (Å²) in [6.45, 7) is 14.9. The minimum Gasteiger partial charge on any atom is -0.474 e. The van der Waals surface area contributed by atoms with E-state index in [1.807, 2.05) is 6.92 Å². The number of aromatic nitrogens is 5. The molecule has 0 radical (unpaired) electrons. The lowest BCUT2D eigenvalue weighted by atomic mass is 10.2. The van der Waals surface area contributed by atoms with E-state index in [9.17, 15) is 14.7 Å². The van der Waals surface area contributed by atoms with Gasteiger partial charge < -0.3 is 24.1 Å². The molecule has 0 aliphatic heterocycles. The molecule has 0 aliphatic rings. The largest absolute Gasteiger partial charge is 0.474 e. The quantitative estimate of drug-likeness (QED) is 0.124. The number of fused-ring (bicyclic) bond motifs is 1. The molecule has 13 heteroatoms. The molecule has 3 aromatic heterocycles. The minimum atomic E-state index is -1.33. The summed E-state index contributed by atoms with van der Waals surface area (Å²) in [4.78, 5) is 39.5. The van der Waals surface area contributed by atoms with E-state index in [4.69, 9.17) is 18.9 Å². The number of carbonyl (C=O) groups excluding carboxylic acids is 1. The number of pyridine rings is 1. The Labute approximate surface area is 234 Å². The highest BCUT2D eigenvalue weighted by Crippen LogP contribution is 2.27. The predicted octanol–water partition coefficient (Wildman–Crippen LogP) is 3.57. The van der Waals surface area contributed by atoms with E-state index in [2.05, 4.69) is 41.2 Å².